The molecule has 0 radical (unpaired) electrons. The summed E-state index contributed by atoms with van der Waals surface area (Å²) in [6.07, 6.45) is 1.41. The van der Waals surface area contributed by atoms with Gasteiger partial charge in [-0.15, -0.1) is 5.10 Å². The second kappa shape index (κ2) is 6.42. The molecular formula is C12H14BrN5O. The van der Waals surface area contributed by atoms with E-state index in [1.54, 1.807) is 0 Å². The molecule has 1 aromatic carbocycles. The van der Waals surface area contributed by atoms with Gasteiger partial charge in [-0.2, -0.15) is 5.21 Å². The summed E-state index contributed by atoms with van der Waals surface area (Å²) in [6.45, 7) is 1.98. The quantitative estimate of drug-likeness (QED) is 0.883. The van der Waals surface area contributed by atoms with E-state index in [0.717, 1.165) is 16.5 Å². The molecule has 0 saturated heterocycles. The van der Waals surface area contributed by atoms with Crippen molar-refractivity contribution in [2.45, 2.75) is 19.8 Å². The molecule has 2 rings (SSSR count). The average Bonchev–Trinajstić information content (AvgIpc) is 2.90. The summed E-state index contributed by atoms with van der Waals surface area (Å²) in [6, 6.07) is 7.89. The van der Waals surface area contributed by atoms with Gasteiger partial charge in [0.1, 0.15) is 0 Å². The second-order valence-electron chi connectivity index (χ2n) is 4.13. The van der Waals surface area contributed by atoms with Crippen molar-refractivity contribution < 1.29 is 4.79 Å². The van der Waals surface area contributed by atoms with Crippen LogP contribution in [0.15, 0.2) is 28.7 Å². The normalized spacial score (nSPS) is 12.1. The Bertz CT molecular complexity index is 543. The first-order valence-electron chi connectivity index (χ1n) is 5.98. The van der Waals surface area contributed by atoms with Crippen molar-refractivity contribution >= 4 is 27.8 Å². The van der Waals surface area contributed by atoms with Crippen molar-refractivity contribution in [3.63, 3.8) is 0 Å². The zero-order chi connectivity index (χ0) is 13.7. The summed E-state index contributed by atoms with van der Waals surface area (Å²) < 4.78 is 1.01. The van der Waals surface area contributed by atoms with Crippen molar-refractivity contribution in [3.05, 3.63) is 34.3 Å². The van der Waals surface area contributed by atoms with Gasteiger partial charge in [0.2, 0.25) is 5.91 Å². The molecule has 1 heterocycles. The summed E-state index contributed by atoms with van der Waals surface area (Å²) in [4.78, 5) is 12.1. The Balaban J connectivity index is 2.04. The summed E-state index contributed by atoms with van der Waals surface area (Å²) in [5.41, 5.74) is 1.11. The van der Waals surface area contributed by atoms with Crippen LogP contribution in [0.3, 0.4) is 0 Å². The highest BCUT2D eigenvalue weighted by atomic mass is 79.9. The van der Waals surface area contributed by atoms with E-state index in [1.165, 1.54) is 0 Å². The molecule has 7 heteroatoms. The lowest BCUT2D eigenvalue weighted by atomic mass is 9.96. The van der Waals surface area contributed by atoms with E-state index in [1.807, 2.05) is 31.2 Å². The van der Waals surface area contributed by atoms with Gasteiger partial charge in [0.25, 0.3) is 5.95 Å². The Morgan fingerprint density at radius 3 is 2.89 bits per heavy atom. The van der Waals surface area contributed by atoms with Gasteiger partial charge in [-0.25, -0.2) is 0 Å². The molecule has 100 valence electrons. The number of carbonyl (C=O) groups is 1. The molecule has 19 heavy (non-hydrogen) atoms. The zero-order valence-electron chi connectivity index (χ0n) is 10.4. The van der Waals surface area contributed by atoms with Crippen molar-refractivity contribution in [2.75, 3.05) is 5.32 Å². The fraction of sp³-hybridized carbons (Fsp3) is 0.333. The van der Waals surface area contributed by atoms with Crippen LogP contribution in [0.4, 0.5) is 5.95 Å². The van der Waals surface area contributed by atoms with Crippen LogP contribution < -0.4 is 5.32 Å². The molecule has 0 aliphatic rings. The van der Waals surface area contributed by atoms with Crippen molar-refractivity contribution in [3.8, 4) is 0 Å². The molecule has 0 spiro atoms. The van der Waals surface area contributed by atoms with Crippen LogP contribution in [0.1, 0.15) is 18.9 Å². The Hall–Kier alpha value is -1.76. The predicted molar refractivity (Wildman–Crippen MR) is 74.4 cm³/mol. The fourth-order valence-corrected chi connectivity index (χ4v) is 2.23. The highest BCUT2D eigenvalue weighted by Crippen LogP contribution is 2.21. The van der Waals surface area contributed by atoms with Crippen molar-refractivity contribution in [1.29, 1.82) is 0 Å². The number of nitrogens with zero attached hydrogens (tertiary/aromatic N) is 3. The number of rotatable bonds is 5. The molecule has 0 saturated carbocycles. The number of hydrogen-bond acceptors (Lipinski definition) is 4. The monoisotopic (exact) mass is 323 g/mol. The molecule has 1 atom stereocenters. The van der Waals surface area contributed by atoms with E-state index >= 15 is 0 Å². The summed E-state index contributed by atoms with van der Waals surface area (Å²) >= 11 is 3.49. The third-order valence-electron chi connectivity index (χ3n) is 2.87. The number of H-pyrrole nitrogens is 1. The predicted octanol–water partition coefficient (Wildman–Crippen LogP) is 2.17. The third-order valence-corrected chi connectivity index (χ3v) is 3.64. The fourth-order valence-electron chi connectivity index (χ4n) is 1.78. The number of tetrazole rings is 1. The molecule has 1 aromatic heterocycles. The van der Waals surface area contributed by atoms with E-state index in [0.29, 0.717) is 6.42 Å². The van der Waals surface area contributed by atoms with Crippen LogP contribution in [0.5, 0.6) is 0 Å². The molecule has 0 fully saturated rings. The van der Waals surface area contributed by atoms with Gasteiger partial charge in [0.15, 0.2) is 0 Å². The average molecular weight is 324 g/mol. The van der Waals surface area contributed by atoms with Crippen LogP contribution in [0.25, 0.3) is 0 Å². The maximum Gasteiger partial charge on any atom is 0.269 e. The van der Waals surface area contributed by atoms with Crippen LogP contribution in [0.2, 0.25) is 0 Å². The number of hydrogen-bond donors (Lipinski definition) is 2. The van der Waals surface area contributed by atoms with Crippen LogP contribution in [-0.4, -0.2) is 26.5 Å². The molecule has 6 nitrogen and oxygen atoms in total. The van der Waals surface area contributed by atoms with E-state index in [9.17, 15) is 4.79 Å². The number of amides is 1. The van der Waals surface area contributed by atoms with E-state index < -0.39 is 0 Å². The number of benzene rings is 1. The van der Waals surface area contributed by atoms with Gasteiger partial charge in [-0.05, 0) is 29.7 Å². The molecular weight excluding hydrogens is 310 g/mol. The molecule has 1 unspecified atom stereocenters. The molecule has 2 N–H and O–H groups in total. The maximum absolute atomic E-state index is 12.1. The number of aromatic nitrogens is 4. The first-order chi connectivity index (χ1) is 9.20. The smallest absolute Gasteiger partial charge is 0.269 e. The lowest BCUT2D eigenvalue weighted by molar-refractivity contribution is -0.120. The van der Waals surface area contributed by atoms with Crippen LogP contribution >= 0.6 is 15.9 Å². The lowest BCUT2D eigenvalue weighted by Gasteiger charge is -2.14. The first kappa shape index (κ1) is 13.7. The van der Waals surface area contributed by atoms with Gasteiger partial charge in [-0.3, -0.25) is 10.1 Å². The summed E-state index contributed by atoms with van der Waals surface area (Å²) in [7, 11) is 0. The molecule has 0 aliphatic carbocycles. The van der Waals surface area contributed by atoms with Crippen LogP contribution in [-0.2, 0) is 11.2 Å². The summed E-state index contributed by atoms with van der Waals surface area (Å²) in [5.74, 6) is -0.0209. The highest BCUT2D eigenvalue weighted by Gasteiger charge is 2.19. The van der Waals surface area contributed by atoms with Crippen molar-refractivity contribution in [1.82, 2.24) is 20.6 Å². The number of carbonyl (C=O) groups excluding carboxylic acids is 1. The third kappa shape index (κ3) is 3.60. The minimum Gasteiger partial charge on any atom is -0.292 e. The van der Waals surface area contributed by atoms with Gasteiger partial charge >= 0.3 is 0 Å². The van der Waals surface area contributed by atoms with Crippen LogP contribution in [0, 0.1) is 5.92 Å². The van der Waals surface area contributed by atoms with Gasteiger partial charge < -0.3 is 0 Å². The minimum absolute atomic E-state index is 0.0975. The molecule has 0 aliphatic heterocycles. The molecule has 0 bridgehead atoms. The highest BCUT2D eigenvalue weighted by molar-refractivity contribution is 9.10. The Labute approximate surface area is 119 Å². The van der Waals surface area contributed by atoms with E-state index in [-0.39, 0.29) is 17.8 Å². The number of anilines is 1. The largest absolute Gasteiger partial charge is 0.292 e. The maximum atomic E-state index is 12.1. The topological polar surface area (TPSA) is 83.6 Å². The van der Waals surface area contributed by atoms with Gasteiger partial charge in [0, 0.05) is 10.4 Å². The van der Waals surface area contributed by atoms with Gasteiger partial charge in [0.05, 0.1) is 0 Å². The number of nitrogens with one attached hydrogen (secondary N) is 2. The number of halogens is 1. The first-order valence-corrected chi connectivity index (χ1v) is 6.77. The van der Waals surface area contributed by atoms with E-state index in [4.69, 9.17) is 0 Å². The van der Waals surface area contributed by atoms with Crippen molar-refractivity contribution in [2.24, 2.45) is 5.92 Å². The SMILES string of the molecule is CCC(Cc1ccccc1Br)C(=O)Nc1nn[nH]n1. The zero-order valence-corrected chi connectivity index (χ0v) is 12.0. The Morgan fingerprint density at radius 1 is 1.47 bits per heavy atom. The standard InChI is InChI=1S/C12H14BrN5O/c1-2-8(7-9-5-3-4-6-10(9)13)11(19)14-12-15-17-18-16-12/h3-6,8H,2,7H2,1H3,(H2,14,15,16,17,18,19). The number of aromatic amines is 1. The minimum atomic E-state index is -0.128. The molecule has 1 amide bonds. The Kier molecular flexibility index (Phi) is 4.62. The van der Waals surface area contributed by atoms with E-state index in [2.05, 4.69) is 41.9 Å². The second-order valence-corrected chi connectivity index (χ2v) is 4.98. The lowest BCUT2D eigenvalue weighted by Crippen LogP contribution is -2.24. The molecule has 2 aromatic rings. The van der Waals surface area contributed by atoms with Gasteiger partial charge in [-0.1, -0.05) is 46.2 Å². The summed E-state index contributed by atoms with van der Waals surface area (Å²) in [5, 5.41) is 15.8. The Morgan fingerprint density at radius 2 is 2.26 bits per heavy atom.